The largest absolute Gasteiger partial charge is 0.354 e. The molecule has 0 amide bonds. The third kappa shape index (κ3) is 6.07. The molecule has 1 aliphatic rings. The van der Waals surface area contributed by atoms with Crippen molar-refractivity contribution in [3.05, 3.63) is 150 Å². The summed E-state index contributed by atoms with van der Waals surface area (Å²) < 4.78 is 2.75. The van der Waals surface area contributed by atoms with Gasteiger partial charge >= 0.3 is 0 Å². The predicted molar refractivity (Wildman–Crippen MR) is 257 cm³/mol. The van der Waals surface area contributed by atoms with Gasteiger partial charge < -0.3 is 9.88 Å². The van der Waals surface area contributed by atoms with Gasteiger partial charge in [0, 0.05) is 43.3 Å². The van der Waals surface area contributed by atoms with Crippen molar-refractivity contribution in [3.63, 3.8) is 0 Å². The molecule has 0 saturated carbocycles. The molecular weight excluding hydrogens is 719 g/mol. The molecule has 0 bridgehead atoms. The van der Waals surface area contributed by atoms with Crippen molar-refractivity contribution in [2.24, 2.45) is 0 Å². The van der Waals surface area contributed by atoms with Gasteiger partial charge in [0.15, 0.2) is 0 Å². The number of aromatic nitrogens is 1. The molecule has 4 heteroatoms. The minimum Gasteiger partial charge on any atom is -0.354 e. The van der Waals surface area contributed by atoms with E-state index in [0.717, 1.165) is 7.28 Å². The zero-order valence-corrected chi connectivity index (χ0v) is 36.1. The van der Waals surface area contributed by atoms with E-state index < -0.39 is 0 Å². The first kappa shape index (κ1) is 36.7. The van der Waals surface area contributed by atoms with E-state index in [4.69, 9.17) is 0 Å². The summed E-state index contributed by atoms with van der Waals surface area (Å²) in [5, 5.41) is 6.41. The first-order valence-corrected chi connectivity index (χ1v) is 21.6. The molecule has 286 valence electrons. The lowest BCUT2D eigenvalue weighted by molar-refractivity contribution is 0.590. The number of hydrogen-bond donors (Lipinski definition) is 1. The SMILES string of the molecule is CC(C)(C)c1ccc(N2c3cc(-c4ccccc4)cc(-c4cc(C(C)(C)C)cc5c4[nH]c4cc6ccccc6cc45)c3Bc3sc4ccc(C(C)(C)C)cc4c32)cc1. The van der Waals surface area contributed by atoms with Crippen LogP contribution in [0.5, 0.6) is 0 Å². The number of anilines is 3. The van der Waals surface area contributed by atoms with Crippen molar-refractivity contribution in [1.29, 1.82) is 0 Å². The maximum absolute atomic E-state index is 4.00. The summed E-state index contributed by atoms with van der Waals surface area (Å²) in [6.07, 6.45) is 0. The number of nitrogens with one attached hydrogen (secondary N) is 1. The predicted octanol–water partition coefficient (Wildman–Crippen LogP) is 14.1. The number of hydrogen-bond acceptors (Lipinski definition) is 2. The molecule has 1 aliphatic heterocycles. The monoisotopic (exact) mass is 770 g/mol. The fourth-order valence-corrected chi connectivity index (χ4v) is 10.2. The Morgan fingerprint density at radius 2 is 1.16 bits per heavy atom. The fourth-order valence-electron chi connectivity index (χ4n) is 9.04. The molecule has 0 spiro atoms. The summed E-state index contributed by atoms with van der Waals surface area (Å²) in [7, 11) is 0.862. The standard InChI is InChI=1S/C54H51BN2S/c1-52(2,3)36-19-22-39(23-20-36)57-46-28-35(32-15-11-10-12-16-32)26-41(48(46)55-51-50(57)44-29-37(53(4,5)6)21-24-47(44)58-51)43-31-38(54(7,8)9)30-42-40-25-33-17-13-14-18-34(33)27-45(40)56-49(42)43/h10-31,55-56H,1-9H3. The number of thiophene rings is 1. The van der Waals surface area contributed by atoms with Crippen molar-refractivity contribution in [1.82, 2.24) is 4.98 Å². The van der Waals surface area contributed by atoms with Crippen LogP contribution in [0.2, 0.25) is 0 Å². The zero-order chi connectivity index (χ0) is 40.3. The molecule has 0 atom stereocenters. The van der Waals surface area contributed by atoms with Crippen LogP contribution in [0.1, 0.15) is 79.0 Å². The van der Waals surface area contributed by atoms with E-state index in [0.29, 0.717) is 0 Å². The Kier molecular flexibility index (Phi) is 8.21. The van der Waals surface area contributed by atoms with Gasteiger partial charge in [-0.1, -0.05) is 135 Å². The van der Waals surface area contributed by atoms with Gasteiger partial charge in [0.05, 0.1) is 11.2 Å². The number of rotatable bonds is 3. The molecular formula is C54H51BN2S. The lowest BCUT2D eigenvalue weighted by atomic mass is 9.61. The number of H-pyrrole nitrogens is 1. The van der Waals surface area contributed by atoms with Gasteiger partial charge in [-0.3, -0.25) is 0 Å². The maximum atomic E-state index is 4.00. The maximum Gasteiger partial charge on any atom is 0.211 e. The molecule has 0 aliphatic carbocycles. The van der Waals surface area contributed by atoms with Gasteiger partial charge in [-0.05, 0) is 131 Å². The average Bonchev–Trinajstić information content (AvgIpc) is 3.75. The summed E-state index contributed by atoms with van der Waals surface area (Å²) in [5.74, 6) is 0. The van der Waals surface area contributed by atoms with Crippen molar-refractivity contribution in [3.8, 4) is 22.3 Å². The molecule has 1 N–H and O–H groups in total. The van der Waals surface area contributed by atoms with Crippen LogP contribution in [-0.4, -0.2) is 12.3 Å². The van der Waals surface area contributed by atoms with Crippen LogP contribution in [0.3, 0.4) is 0 Å². The van der Waals surface area contributed by atoms with Crippen LogP contribution in [0.15, 0.2) is 133 Å². The van der Waals surface area contributed by atoms with Crippen molar-refractivity contribution < 1.29 is 0 Å². The van der Waals surface area contributed by atoms with Crippen molar-refractivity contribution >= 4 is 88.6 Å². The molecule has 9 aromatic rings. The summed E-state index contributed by atoms with van der Waals surface area (Å²) in [6.45, 7) is 20.9. The summed E-state index contributed by atoms with van der Waals surface area (Å²) in [4.78, 5) is 6.60. The smallest absolute Gasteiger partial charge is 0.211 e. The van der Waals surface area contributed by atoms with E-state index in [9.17, 15) is 0 Å². The van der Waals surface area contributed by atoms with Crippen LogP contribution in [0.25, 0.3) is 64.9 Å². The number of fused-ring (bicyclic) bond motifs is 8. The molecule has 58 heavy (non-hydrogen) atoms. The Morgan fingerprint density at radius 1 is 0.517 bits per heavy atom. The first-order chi connectivity index (χ1) is 27.6. The number of aromatic amines is 1. The lowest BCUT2D eigenvalue weighted by Crippen LogP contribution is -2.39. The van der Waals surface area contributed by atoms with Gasteiger partial charge in [-0.15, -0.1) is 11.3 Å². The lowest BCUT2D eigenvalue weighted by Gasteiger charge is -2.34. The highest BCUT2D eigenvalue weighted by molar-refractivity contribution is 7.29. The van der Waals surface area contributed by atoms with Crippen molar-refractivity contribution in [2.75, 3.05) is 4.90 Å². The Bertz CT molecular complexity index is 3070. The molecule has 7 aromatic carbocycles. The van der Waals surface area contributed by atoms with E-state index >= 15 is 0 Å². The molecule has 0 fully saturated rings. The van der Waals surface area contributed by atoms with Gasteiger partial charge in [-0.25, -0.2) is 0 Å². The van der Waals surface area contributed by atoms with Gasteiger partial charge in [0.25, 0.3) is 0 Å². The highest BCUT2D eigenvalue weighted by atomic mass is 32.1. The number of benzene rings is 7. The minimum atomic E-state index is -0.0509. The molecule has 0 radical (unpaired) electrons. The molecule has 0 unspecified atom stereocenters. The second-order valence-corrected chi connectivity index (χ2v) is 20.7. The molecule has 2 nitrogen and oxygen atoms in total. The Labute approximate surface area is 347 Å². The minimum absolute atomic E-state index is 0.0390. The third-order valence-corrected chi connectivity index (χ3v) is 13.6. The summed E-state index contributed by atoms with van der Waals surface area (Å²) >= 11 is 1.96. The van der Waals surface area contributed by atoms with E-state index in [1.807, 2.05) is 11.3 Å². The van der Waals surface area contributed by atoms with E-state index in [1.54, 1.807) is 0 Å². The average molecular weight is 771 g/mol. The Morgan fingerprint density at radius 3 is 1.84 bits per heavy atom. The summed E-state index contributed by atoms with van der Waals surface area (Å²) in [5.41, 5.74) is 16.6. The first-order valence-electron chi connectivity index (χ1n) is 20.8. The quantitative estimate of drug-likeness (QED) is 0.177. The number of nitrogens with zero attached hydrogens (tertiary/aromatic N) is 1. The molecule has 2 aromatic heterocycles. The Balaban J connectivity index is 1.32. The topological polar surface area (TPSA) is 19.0 Å². The Hall–Kier alpha value is -5.58. The third-order valence-electron chi connectivity index (χ3n) is 12.5. The normalized spacial score (nSPS) is 13.4. The second-order valence-electron chi connectivity index (χ2n) is 19.6. The zero-order valence-electron chi connectivity index (χ0n) is 35.3. The van der Waals surface area contributed by atoms with Crippen LogP contribution in [-0.2, 0) is 16.2 Å². The summed E-state index contributed by atoms with van der Waals surface area (Å²) in [6, 6.07) is 50.8. The van der Waals surface area contributed by atoms with E-state index in [-0.39, 0.29) is 16.2 Å². The molecule has 10 rings (SSSR count). The molecule has 0 saturated heterocycles. The highest BCUT2D eigenvalue weighted by Gasteiger charge is 2.33. The van der Waals surface area contributed by atoms with E-state index in [2.05, 4.69) is 206 Å². The van der Waals surface area contributed by atoms with Gasteiger partial charge in [0.2, 0.25) is 7.28 Å². The van der Waals surface area contributed by atoms with E-state index in [1.165, 1.54) is 109 Å². The van der Waals surface area contributed by atoms with Gasteiger partial charge in [0.1, 0.15) is 0 Å². The van der Waals surface area contributed by atoms with Crippen LogP contribution in [0.4, 0.5) is 17.1 Å². The van der Waals surface area contributed by atoms with Crippen LogP contribution in [0, 0.1) is 0 Å². The van der Waals surface area contributed by atoms with Crippen molar-refractivity contribution in [2.45, 2.75) is 78.6 Å². The fraction of sp³-hybridized carbons (Fsp3) is 0.222. The molecule has 3 heterocycles. The highest BCUT2D eigenvalue weighted by Crippen LogP contribution is 2.47. The van der Waals surface area contributed by atoms with Gasteiger partial charge in [-0.2, -0.15) is 0 Å². The second kappa shape index (κ2) is 13.0. The van der Waals surface area contributed by atoms with Crippen LogP contribution < -0.4 is 15.1 Å². The van der Waals surface area contributed by atoms with Crippen LogP contribution >= 0.6 is 11.3 Å².